The van der Waals surface area contributed by atoms with Gasteiger partial charge in [-0.2, -0.15) is 4.31 Å². The fraction of sp³-hybridized carbons (Fsp3) is 0.481. The van der Waals surface area contributed by atoms with Crippen LogP contribution < -0.4 is 16.8 Å². The number of rotatable bonds is 16. The maximum absolute atomic E-state index is 13.4. The van der Waals surface area contributed by atoms with E-state index in [2.05, 4.69) is 5.32 Å². The number of nitrogens with two attached hydrogens (primary N) is 2. The number of carbonyl (C=O) groups excluding carboxylic acids is 2. The number of unbranched alkanes of at least 4 members (excludes halogenated alkanes) is 1. The first-order valence-corrected chi connectivity index (χ1v) is 14.1. The van der Waals surface area contributed by atoms with Gasteiger partial charge < -0.3 is 16.8 Å². The van der Waals surface area contributed by atoms with Crippen LogP contribution in [0.4, 0.5) is 0 Å². The van der Waals surface area contributed by atoms with Gasteiger partial charge in [-0.05, 0) is 43.4 Å². The minimum atomic E-state index is -3.86. The Morgan fingerprint density at radius 1 is 0.944 bits per heavy atom. The number of nitrogens with zero attached hydrogens (tertiary/aromatic N) is 1. The van der Waals surface area contributed by atoms with Gasteiger partial charge in [-0.3, -0.25) is 9.59 Å². The molecule has 2 rings (SSSR count). The first-order valence-electron chi connectivity index (χ1n) is 12.5. The molecular formula is C27H40N4O4S. The molecule has 0 saturated carbocycles. The van der Waals surface area contributed by atoms with Gasteiger partial charge in [0.25, 0.3) is 0 Å². The van der Waals surface area contributed by atoms with Gasteiger partial charge in [0, 0.05) is 18.5 Å². The van der Waals surface area contributed by atoms with Gasteiger partial charge in [-0.25, -0.2) is 8.42 Å². The predicted octanol–water partition coefficient (Wildman–Crippen LogP) is 2.23. The van der Waals surface area contributed by atoms with E-state index < -0.39 is 34.6 Å². The van der Waals surface area contributed by atoms with Crippen LogP contribution >= 0.6 is 0 Å². The summed E-state index contributed by atoms with van der Waals surface area (Å²) in [5.41, 5.74) is 13.5. The van der Waals surface area contributed by atoms with Gasteiger partial charge in [-0.1, -0.05) is 74.5 Å². The number of hydrogen-bond donors (Lipinski definition) is 3. The molecule has 0 aliphatic heterocycles. The van der Waals surface area contributed by atoms with Crippen LogP contribution in [-0.2, 0) is 31.8 Å². The second-order valence-corrected chi connectivity index (χ2v) is 11.4. The summed E-state index contributed by atoms with van der Waals surface area (Å²) in [4.78, 5) is 25.7. The Kier molecular flexibility index (Phi) is 12.2. The number of amides is 1. The lowest BCUT2D eigenvalue weighted by Gasteiger charge is -2.26. The number of Topliss-reactive ketones (excluding diaryl/α,β-unsaturated/α-hetero) is 1. The smallest absolute Gasteiger partial charge is 0.235 e. The van der Waals surface area contributed by atoms with Gasteiger partial charge in [-0.15, -0.1) is 0 Å². The first-order chi connectivity index (χ1) is 17.1. The van der Waals surface area contributed by atoms with Crippen molar-refractivity contribution in [2.24, 2.45) is 17.4 Å². The first kappa shape index (κ1) is 29.6. The van der Waals surface area contributed by atoms with E-state index in [1.54, 1.807) is 38.1 Å². The third-order valence-electron chi connectivity index (χ3n) is 5.88. The molecule has 1 amide bonds. The number of sulfonamides is 1. The molecule has 0 aliphatic carbocycles. The van der Waals surface area contributed by atoms with E-state index in [0.29, 0.717) is 31.4 Å². The standard InChI is InChI=1S/C27H40N4O4S/c1-21(2)27(33)25(15-9-10-16-28)30-26(32)19-31(18-24(29)17-22-11-5-3-6-12-22)36(34,35)20-23-13-7-4-8-14-23/h3-8,11-14,21,24-25H,9-10,15-20,28-29H2,1-2H3,(H,30,32). The Morgan fingerprint density at radius 2 is 1.53 bits per heavy atom. The molecule has 198 valence electrons. The van der Waals surface area contributed by atoms with Gasteiger partial charge in [0.05, 0.1) is 18.3 Å². The van der Waals surface area contributed by atoms with Crippen molar-refractivity contribution in [1.29, 1.82) is 0 Å². The quantitative estimate of drug-likeness (QED) is 0.293. The molecule has 2 atom stereocenters. The third kappa shape index (κ3) is 10.2. The summed E-state index contributed by atoms with van der Waals surface area (Å²) in [5, 5.41) is 2.77. The molecule has 0 fully saturated rings. The van der Waals surface area contributed by atoms with Gasteiger partial charge in [0.15, 0.2) is 5.78 Å². The van der Waals surface area contributed by atoms with Crippen molar-refractivity contribution in [1.82, 2.24) is 9.62 Å². The van der Waals surface area contributed by atoms with Crippen LogP contribution in [-0.4, -0.2) is 56.1 Å². The average Bonchev–Trinajstić information content (AvgIpc) is 2.83. The molecule has 2 aromatic rings. The van der Waals surface area contributed by atoms with Crippen molar-refractivity contribution >= 4 is 21.7 Å². The molecule has 2 aromatic carbocycles. The lowest BCUT2D eigenvalue weighted by Crippen LogP contribution is -2.50. The van der Waals surface area contributed by atoms with Crippen LogP contribution in [0, 0.1) is 5.92 Å². The van der Waals surface area contributed by atoms with Crippen molar-refractivity contribution in [2.45, 2.75) is 57.4 Å². The molecule has 9 heteroatoms. The van der Waals surface area contributed by atoms with Crippen LogP contribution in [0.5, 0.6) is 0 Å². The number of carbonyl (C=O) groups is 2. The molecule has 5 N–H and O–H groups in total. The summed E-state index contributed by atoms with van der Waals surface area (Å²) in [7, 11) is -3.86. The molecule has 0 aliphatic rings. The van der Waals surface area contributed by atoms with E-state index in [-0.39, 0.29) is 24.0 Å². The maximum atomic E-state index is 13.4. The number of benzene rings is 2. The Balaban J connectivity index is 2.18. The van der Waals surface area contributed by atoms with Crippen LogP contribution in [0.25, 0.3) is 0 Å². The zero-order valence-corrected chi connectivity index (χ0v) is 22.1. The summed E-state index contributed by atoms with van der Waals surface area (Å²) in [6.07, 6.45) is 2.36. The van der Waals surface area contributed by atoms with E-state index in [4.69, 9.17) is 11.5 Å². The number of nitrogens with one attached hydrogen (secondary N) is 1. The highest BCUT2D eigenvalue weighted by atomic mass is 32.2. The highest BCUT2D eigenvalue weighted by molar-refractivity contribution is 7.88. The number of ketones is 1. The second kappa shape index (κ2) is 14.8. The Bertz CT molecular complexity index is 1050. The zero-order chi connectivity index (χ0) is 26.6. The molecule has 2 unspecified atom stereocenters. The summed E-state index contributed by atoms with van der Waals surface area (Å²) >= 11 is 0. The number of hydrogen-bond acceptors (Lipinski definition) is 6. The van der Waals surface area contributed by atoms with Crippen molar-refractivity contribution in [3.63, 3.8) is 0 Å². The Morgan fingerprint density at radius 3 is 2.08 bits per heavy atom. The molecule has 0 spiro atoms. The minimum Gasteiger partial charge on any atom is -0.345 e. The van der Waals surface area contributed by atoms with Crippen molar-refractivity contribution in [2.75, 3.05) is 19.6 Å². The fourth-order valence-electron chi connectivity index (χ4n) is 3.98. The maximum Gasteiger partial charge on any atom is 0.235 e. The predicted molar refractivity (Wildman–Crippen MR) is 143 cm³/mol. The Labute approximate surface area is 215 Å². The van der Waals surface area contributed by atoms with Crippen molar-refractivity contribution < 1.29 is 18.0 Å². The van der Waals surface area contributed by atoms with Gasteiger partial charge >= 0.3 is 0 Å². The molecule has 0 radical (unpaired) electrons. The SMILES string of the molecule is CC(C)C(=O)C(CCCCN)NC(=O)CN(CC(N)Cc1ccccc1)S(=O)(=O)Cc1ccccc1. The molecule has 0 aromatic heterocycles. The highest BCUT2D eigenvalue weighted by Gasteiger charge is 2.29. The molecule has 0 saturated heterocycles. The van der Waals surface area contributed by atoms with E-state index in [0.717, 1.165) is 16.3 Å². The van der Waals surface area contributed by atoms with E-state index in [1.807, 2.05) is 36.4 Å². The Hall–Kier alpha value is -2.59. The fourth-order valence-corrected chi connectivity index (χ4v) is 5.51. The largest absolute Gasteiger partial charge is 0.345 e. The molecule has 0 bridgehead atoms. The topological polar surface area (TPSA) is 136 Å². The zero-order valence-electron chi connectivity index (χ0n) is 21.3. The van der Waals surface area contributed by atoms with E-state index >= 15 is 0 Å². The van der Waals surface area contributed by atoms with Crippen molar-refractivity contribution in [3.05, 3.63) is 71.8 Å². The summed E-state index contributed by atoms with van der Waals surface area (Å²) in [5.74, 6) is -1.11. The lowest BCUT2D eigenvalue weighted by molar-refractivity contribution is -0.129. The van der Waals surface area contributed by atoms with E-state index in [9.17, 15) is 18.0 Å². The molecule has 36 heavy (non-hydrogen) atoms. The van der Waals surface area contributed by atoms with Crippen LogP contribution in [0.3, 0.4) is 0 Å². The monoisotopic (exact) mass is 516 g/mol. The van der Waals surface area contributed by atoms with Crippen molar-refractivity contribution in [3.8, 4) is 0 Å². The minimum absolute atomic E-state index is 0.0204. The van der Waals surface area contributed by atoms with Crippen LogP contribution in [0.15, 0.2) is 60.7 Å². The molecular weight excluding hydrogens is 476 g/mol. The lowest BCUT2D eigenvalue weighted by atomic mass is 9.97. The highest BCUT2D eigenvalue weighted by Crippen LogP contribution is 2.14. The molecule has 0 heterocycles. The van der Waals surface area contributed by atoms with Gasteiger partial charge in [0.2, 0.25) is 15.9 Å². The average molecular weight is 517 g/mol. The van der Waals surface area contributed by atoms with Crippen LogP contribution in [0.1, 0.15) is 44.2 Å². The summed E-state index contributed by atoms with van der Waals surface area (Å²) < 4.78 is 27.9. The summed E-state index contributed by atoms with van der Waals surface area (Å²) in [6, 6.07) is 17.2. The normalized spacial score (nSPS) is 13.5. The third-order valence-corrected chi connectivity index (χ3v) is 7.64. The summed E-state index contributed by atoms with van der Waals surface area (Å²) in [6.45, 7) is 3.64. The van der Waals surface area contributed by atoms with E-state index in [1.165, 1.54) is 0 Å². The molecule has 8 nitrogen and oxygen atoms in total. The second-order valence-electron chi connectivity index (χ2n) is 9.45. The van der Waals surface area contributed by atoms with Gasteiger partial charge in [0.1, 0.15) is 0 Å². The van der Waals surface area contributed by atoms with Crippen LogP contribution in [0.2, 0.25) is 0 Å².